The maximum Gasteiger partial charge on any atom is 0.416 e. The van der Waals surface area contributed by atoms with Crippen LogP contribution in [0, 0.1) is 13.8 Å². The quantitative estimate of drug-likeness (QED) is 0.322. The molecule has 0 radical (unpaired) electrons. The summed E-state index contributed by atoms with van der Waals surface area (Å²) >= 11 is 6.17. The Morgan fingerprint density at radius 3 is 2.42 bits per heavy atom. The summed E-state index contributed by atoms with van der Waals surface area (Å²) in [5.74, 6) is 0.103. The maximum absolute atomic E-state index is 13.1. The molecular weight excluding hydrogens is 431 g/mol. The van der Waals surface area contributed by atoms with E-state index in [2.05, 4.69) is 4.98 Å². The van der Waals surface area contributed by atoms with Crippen LogP contribution in [0.1, 0.15) is 46.1 Å². The molecule has 0 atom stereocenters. The number of rotatable bonds is 7. The van der Waals surface area contributed by atoms with Gasteiger partial charge in [-0.2, -0.15) is 13.2 Å². The fraction of sp³-hybridized carbons (Fsp3) is 0.348. The molecule has 1 aromatic heterocycles. The second kappa shape index (κ2) is 9.22. The van der Waals surface area contributed by atoms with Gasteiger partial charge in [0.05, 0.1) is 18.8 Å². The van der Waals surface area contributed by atoms with Crippen molar-refractivity contribution in [2.75, 3.05) is 13.2 Å². The number of hydrogen-bond acceptors (Lipinski definition) is 3. The largest absolute Gasteiger partial charge is 0.494 e. The van der Waals surface area contributed by atoms with Crippen molar-refractivity contribution in [3.63, 3.8) is 0 Å². The molecule has 0 saturated heterocycles. The lowest BCUT2D eigenvalue weighted by Gasteiger charge is -2.10. The first kappa shape index (κ1) is 23.0. The zero-order valence-electron chi connectivity index (χ0n) is 17.5. The van der Waals surface area contributed by atoms with Crippen LogP contribution in [0.15, 0.2) is 30.3 Å². The SMILES string of the molecule is CCOC(=O)c1[nH]c2cc(C(F)(F)F)ccc2c1CCCOc1cc(C)c(Cl)c(C)c1. The highest BCUT2D eigenvalue weighted by molar-refractivity contribution is 6.32. The minimum atomic E-state index is -4.47. The van der Waals surface area contributed by atoms with Gasteiger partial charge < -0.3 is 14.5 Å². The molecule has 8 heteroatoms. The lowest BCUT2D eigenvalue weighted by molar-refractivity contribution is -0.137. The summed E-state index contributed by atoms with van der Waals surface area (Å²) in [6, 6.07) is 7.12. The van der Waals surface area contributed by atoms with Crippen molar-refractivity contribution < 1.29 is 27.4 Å². The van der Waals surface area contributed by atoms with Crippen molar-refractivity contribution in [2.45, 2.75) is 39.8 Å². The number of benzene rings is 2. The highest BCUT2D eigenvalue weighted by Crippen LogP contribution is 2.33. The van der Waals surface area contributed by atoms with Crippen LogP contribution >= 0.6 is 11.6 Å². The van der Waals surface area contributed by atoms with Crippen molar-refractivity contribution in [1.29, 1.82) is 0 Å². The van der Waals surface area contributed by atoms with Gasteiger partial charge in [0, 0.05) is 15.9 Å². The number of esters is 1. The van der Waals surface area contributed by atoms with Crippen molar-refractivity contribution in [3.8, 4) is 5.75 Å². The van der Waals surface area contributed by atoms with Crippen molar-refractivity contribution >= 4 is 28.5 Å². The number of carbonyl (C=O) groups is 1. The zero-order chi connectivity index (χ0) is 22.8. The number of aromatic amines is 1. The second-order valence-corrected chi connectivity index (χ2v) is 7.66. The Morgan fingerprint density at radius 1 is 1.13 bits per heavy atom. The van der Waals surface area contributed by atoms with E-state index in [1.54, 1.807) is 6.92 Å². The summed E-state index contributed by atoms with van der Waals surface area (Å²) in [4.78, 5) is 15.2. The van der Waals surface area contributed by atoms with Crippen LogP contribution in [0.25, 0.3) is 10.9 Å². The Morgan fingerprint density at radius 2 is 1.81 bits per heavy atom. The van der Waals surface area contributed by atoms with Crippen molar-refractivity contribution in [3.05, 3.63) is 63.3 Å². The van der Waals surface area contributed by atoms with Crippen LogP contribution in [-0.4, -0.2) is 24.2 Å². The van der Waals surface area contributed by atoms with Gasteiger partial charge in [0.15, 0.2) is 0 Å². The number of fused-ring (bicyclic) bond motifs is 1. The topological polar surface area (TPSA) is 51.3 Å². The molecule has 31 heavy (non-hydrogen) atoms. The minimum Gasteiger partial charge on any atom is -0.494 e. The van der Waals surface area contributed by atoms with Gasteiger partial charge in [-0.05, 0) is 74.6 Å². The predicted molar refractivity (Wildman–Crippen MR) is 114 cm³/mol. The van der Waals surface area contributed by atoms with Gasteiger partial charge in [-0.15, -0.1) is 0 Å². The molecule has 0 aliphatic carbocycles. The molecular formula is C23H23ClF3NO3. The average molecular weight is 454 g/mol. The monoisotopic (exact) mass is 453 g/mol. The maximum atomic E-state index is 13.1. The van der Waals surface area contributed by atoms with E-state index in [1.807, 2.05) is 26.0 Å². The van der Waals surface area contributed by atoms with E-state index in [4.69, 9.17) is 21.1 Å². The highest BCUT2D eigenvalue weighted by atomic mass is 35.5. The molecule has 2 aromatic carbocycles. The summed E-state index contributed by atoms with van der Waals surface area (Å²) < 4.78 is 50.1. The number of carbonyl (C=O) groups excluding carboxylic acids is 1. The third kappa shape index (κ3) is 5.15. The van der Waals surface area contributed by atoms with E-state index in [9.17, 15) is 18.0 Å². The van der Waals surface area contributed by atoms with Crippen LogP contribution in [0.4, 0.5) is 13.2 Å². The van der Waals surface area contributed by atoms with E-state index in [0.29, 0.717) is 41.2 Å². The third-order valence-electron chi connectivity index (χ3n) is 4.96. The summed E-state index contributed by atoms with van der Waals surface area (Å²) in [6.45, 7) is 6.01. The summed E-state index contributed by atoms with van der Waals surface area (Å²) in [6.07, 6.45) is -3.47. The number of ether oxygens (including phenoxy) is 2. The zero-order valence-corrected chi connectivity index (χ0v) is 18.2. The smallest absolute Gasteiger partial charge is 0.416 e. The third-order valence-corrected chi connectivity index (χ3v) is 5.56. The van der Waals surface area contributed by atoms with Gasteiger partial charge in [0.1, 0.15) is 11.4 Å². The van der Waals surface area contributed by atoms with E-state index >= 15 is 0 Å². The predicted octanol–water partition coefficient (Wildman–Crippen LogP) is 6.65. The molecule has 3 aromatic rings. The molecule has 4 nitrogen and oxygen atoms in total. The van der Waals surface area contributed by atoms with Gasteiger partial charge >= 0.3 is 12.1 Å². The lowest BCUT2D eigenvalue weighted by Crippen LogP contribution is -2.09. The lowest BCUT2D eigenvalue weighted by atomic mass is 10.0. The number of aromatic nitrogens is 1. The first-order valence-electron chi connectivity index (χ1n) is 9.90. The second-order valence-electron chi connectivity index (χ2n) is 7.28. The molecule has 0 aliphatic rings. The van der Waals surface area contributed by atoms with E-state index in [0.717, 1.165) is 23.3 Å². The first-order valence-corrected chi connectivity index (χ1v) is 10.3. The number of nitrogens with one attached hydrogen (secondary N) is 1. The number of halogens is 4. The van der Waals surface area contributed by atoms with Crippen LogP contribution in [0.5, 0.6) is 5.75 Å². The number of aryl methyl sites for hydroxylation is 3. The molecule has 0 saturated carbocycles. The van der Waals surface area contributed by atoms with Gasteiger partial charge in [-0.25, -0.2) is 4.79 Å². The van der Waals surface area contributed by atoms with Crippen molar-refractivity contribution in [1.82, 2.24) is 4.98 Å². The molecule has 0 bridgehead atoms. The minimum absolute atomic E-state index is 0.166. The summed E-state index contributed by atoms with van der Waals surface area (Å²) in [5.41, 5.74) is 2.10. The van der Waals surface area contributed by atoms with Gasteiger partial charge in [-0.3, -0.25) is 0 Å². The Hall–Kier alpha value is -2.67. The molecule has 0 unspecified atom stereocenters. The van der Waals surface area contributed by atoms with Crippen LogP contribution < -0.4 is 4.74 Å². The molecule has 0 fully saturated rings. The molecule has 1 N–H and O–H groups in total. The van der Waals surface area contributed by atoms with Crippen LogP contribution in [0.3, 0.4) is 0 Å². The van der Waals surface area contributed by atoms with Gasteiger partial charge in [0.2, 0.25) is 0 Å². The van der Waals surface area contributed by atoms with Crippen LogP contribution in [-0.2, 0) is 17.3 Å². The number of hydrogen-bond donors (Lipinski definition) is 1. The molecule has 166 valence electrons. The Kier molecular flexibility index (Phi) is 6.84. The summed E-state index contributed by atoms with van der Waals surface area (Å²) in [5, 5.41) is 1.26. The first-order chi connectivity index (χ1) is 14.6. The van der Waals surface area contributed by atoms with Gasteiger partial charge in [-0.1, -0.05) is 17.7 Å². The average Bonchev–Trinajstić information content (AvgIpc) is 3.07. The molecule has 3 rings (SSSR count). The molecule has 0 aliphatic heterocycles. The number of alkyl halides is 3. The van der Waals surface area contributed by atoms with Crippen LogP contribution in [0.2, 0.25) is 5.02 Å². The normalized spacial score (nSPS) is 11.7. The van der Waals surface area contributed by atoms with Gasteiger partial charge in [0.25, 0.3) is 0 Å². The Labute approximate surface area is 183 Å². The van der Waals surface area contributed by atoms with E-state index in [1.165, 1.54) is 6.07 Å². The number of H-pyrrole nitrogens is 1. The van der Waals surface area contributed by atoms with E-state index < -0.39 is 17.7 Å². The van der Waals surface area contributed by atoms with E-state index in [-0.39, 0.29) is 17.8 Å². The molecule has 1 heterocycles. The molecule has 0 amide bonds. The fourth-order valence-electron chi connectivity index (χ4n) is 3.50. The van der Waals surface area contributed by atoms with Crippen molar-refractivity contribution in [2.24, 2.45) is 0 Å². The fourth-order valence-corrected chi connectivity index (χ4v) is 3.61. The molecule has 0 spiro atoms. The highest BCUT2D eigenvalue weighted by Gasteiger charge is 2.31. The standard InChI is InChI=1S/C23H23ClF3NO3/c1-4-30-22(29)21-18(17-8-7-15(23(25,26)27)12-19(17)28-21)6-5-9-31-16-10-13(2)20(24)14(3)11-16/h7-8,10-12,28H,4-6,9H2,1-3H3. The summed E-state index contributed by atoms with van der Waals surface area (Å²) in [7, 11) is 0. The Bertz CT molecular complexity index is 1080. The Balaban J connectivity index is 1.81.